The maximum Gasteiger partial charge on any atom is 0.268 e. The Kier molecular flexibility index (Phi) is 3.91. The summed E-state index contributed by atoms with van der Waals surface area (Å²) in [7, 11) is 0. The topological polar surface area (TPSA) is 83.3 Å². The number of hydrogen-bond donors (Lipinski definition) is 3. The Hall–Kier alpha value is -3.28. The number of amides is 1. The van der Waals surface area contributed by atoms with Crippen LogP contribution < -0.4 is 21.3 Å². The molecule has 0 bridgehead atoms. The second-order valence-corrected chi connectivity index (χ2v) is 7.53. The molecule has 0 saturated carbocycles. The monoisotopic (exact) mass is 361 g/mol. The third-order valence-electron chi connectivity index (χ3n) is 5.19. The van der Waals surface area contributed by atoms with Gasteiger partial charge in [-0.2, -0.15) is 0 Å². The summed E-state index contributed by atoms with van der Waals surface area (Å²) in [6, 6.07) is 9.83. The summed E-state index contributed by atoms with van der Waals surface area (Å²) in [4.78, 5) is 18.5. The van der Waals surface area contributed by atoms with Crippen molar-refractivity contribution in [1.29, 1.82) is 0 Å². The number of rotatable bonds is 4. The van der Waals surface area contributed by atoms with Crippen LogP contribution in [0, 0.1) is 0 Å². The van der Waals surface area contributed by atoms with Crippen LogP contribution in [0.4, 0.5) is 17.1 Å². The van der Waals surface area contributed by atoms with Gasteiger partial charge in [0.25, 0.3) is 5.91 Å². The van der Waals surface area contributed by atoms with Gasteiger partial charge in [0.05, 0.1) is 0 Å². The van der Waals surface area contributed by atoms with E-state index in [0.717, 1.165) is 23.6 Å². The Labute approximate surface area is 158 Å². The third kappa shape index (κ3) is 2.83. The molecule has 4 N–H and O–H groups in total. The van der Waals surface area contributed by atoms with E-state index in [9.17, 15) is 4.79 Å². The van der Waals surface area contributed by atoms with Crippen molar-refractivity contribution in [2.24, 2.45) is 5.73 Å². The van der Waals surface area contributed by atoms with Gasteiger partial charge in [-0.1, -0.05) is 26.0 Å². The van der Waals surface area contributed by atoms with E-state index < -0.39 is 11.6 Å². The molecule has 2 aliphatic rings. The van der Waals surface area contributed by atoms with E-state index in [0.29, 0.717) is 0 Å². The third-order valence-corrected chi connectivity index (χ3v) is 5.19. The lowest BCUT2D eigenvalue weighted by Crippen LogP contribution is -2.60. The summed E-state index contributed by atoms with van der Waals surface area (Å²) in [5.41, 5.74) is 8.74. The largest absolute Gasteiger partial charge is 0.384 e. The summed E-state index contributed by atoms with van der Waals surface area (Å²) >= 11 is 0. The maximum atomic E-state index is 12.6. The maximum absolute atomic E-state index is 12.6. The molecule has 0 spiro atoms. The van der Waals surface area contributed by atoms with Gasteiger partial charge in [-0.15, -0.1) is 0 Å². The number of anilines is 3. The predicted molar refractivity (Wildman–Crippen MR) is 109 cm³/mol. The van der Waals surface area contributed by atoms with Crippen molar-refractivity contribution >= 4 is 23.0 Å². The van der Waals surface area contributed by atoms with Gasteiger partial charge in [0.1, 0.15) is 0 Å². The zero-order chi connectivity index (χ0) is 19.1. The second kappa shape index (κ2) is 6.16. The molecule has 1 amide bonds. The predicted octanol–water partition coefficient (Wildman–Crippen LogP) is 2.97. The van der Waals surface area contributed by atoms with E-state index in [2.05, 4.69) is 41.6 Å². The van der Waals surface area contributed by atoms with Crippen LogP contribution in [0.2, 0.25) is 0 Å². The lowest BCUT2D eigenvalue weighted by atomic mass is 9.87. The van der Waals surface area contributed by atoms with Crippen molar-refractivity contribution in [1.82, 2.24) is 4.98 Å². The molecule has 1 aromatic carbocycles. The summed E-state index contributed by atoms with van der Waals surface area (Å²) in [5.74, 6) is -0.492. The summed E-state index contributed by atoms with van der Waals surface area (Å²) in [5, 5.41) is 6.74. The van der Waals surface area contributed by atoms with Crippen LogP contribution in [0.3, 0.4) is 0 Å². The van der Waals surface area contributed by atoms with Crippen LogP contribution in [0.15, 0.2) is 67.2 Å². The fourth-order valence-corrected chi connectivity index (χ4v) is 3.67. The number of carbonyl (C=O) groups is 1. The Morgan fingerprint density at radius 2 is 2.00 bits per heavy atom. The molecule has 4 rings (SSSR count). The van der Waals surface area contributed by atoms with Crippen LogP contribution in [-0.4, -0.2) is 23.1 Å². The molecule has 0 fully saturated rings. The average Bonchev–Trinajstić information content (AvgIpc) is 2.97. The number of aromatic nitrogens is 1. The molecule has 27 heavy (non-hydrogen) atoms. The van der Waals surface area contributed by atoms with Gasteiger partial charge in [0.2, 0.25) is 5.66 Å². The normalized spacial score (nSPS) is 22.2. The molecule has 138 valence electrons. The fraction of sp³-hybridized carbons (Fsp3) is 0.238. The lowest BCUT2D eigenvalue weighted by Gasteiger charge is -2.41. The van der Waals surface area contributed by atoms with Crippen LogP contribution in [0.1, 0.15) is 19.4 Å². The van der Waals surface area contributed by atoms with Crippen molar-refractivity contribution in [3.05, 3.63) is 72.7 Å². The van der Waals surface area contributed by atoms with Gasteiger partial charge in [0.15, 0.2) is 0 Å². The summed E-state index contributed by atoms with van der Waals surface area (Å²) < 4.78 is 0. The molecule has 0 radical (unpaired) electrons. The highest BCUT2D eigenvalue weighted by molar-refractivity contribution is 5.95. The fourth-order valence-electron chi connectivity index (χ4n) is 3.67. The molecule has 6 heteroatoms. The number of benzene rings is 1. The van der Waals surface area contributed by atoms with E-state index in [1.807, 2.05) is 41.5 Å². The molecular formula is C21H23N5O. The minimum absolute atomic E-state index is 0.0849. The highest BCUT2D eigenvalue weighted by atomic mass is 16.2. The number of allylic oxidation sites excluding steroid dienone is 2. The zero-order valence-corrected chi connectivity index (χ0v) is 15.4. The average molecular weight is 361 g/mol. The first-order chi connectivity index (χ1) is 12.9. The van der Waals surface area contributed by atoms with Crippen LogP contribution in [-0.2, 0) is 10.2 Å². The SMILES string of the molecule is CC1(C)CNc2cc(N3C=CC=CC3(Nc3ccncc3)C(N)=O)ccc21. The summed E-state index contributed by atoms with van der Waals surface area (Å²) in [6.45, 7) is 5.32. The van der Waals surface area contributed by atoms with Gasteiger partial charge >= 0.3 is 0 Å². The second-order valence-electron chi connectivity index (χ2n) is 7.53. The van der Waals surface area contributed by atoms with E-state index in [1.165, 1.54) is 5.56 Å². The van der Waals surface area contributed by atoms with Gasteiger partial charge < -0.3 is 21.3 Å². The smallest absolute Gasteiger partial charge is 0.268 e. The number of primary amides is 1. The molecule has 2 aliphatic heterocycles. The van der Waals surface area contributed by atoms with E-state index >= 15 is 0 Å². The number of carbonyl (C=O) groups excluding carboxylic acids is 1. The number of nitrogens with zero attached hydrogens (tertiary/aromatic N) is 2. The standard InChI is InChI=1S/C21H23N5O/c1-20(2)14-24-18-13-16(5-6-17(18)20)26-12-4-3-9-21(26,19(22)27)25-15-7-10-23-11-8-15/h3-13,24H,14H2,1-2H3,(H2,22,27)(H,23,25). The van der Waals surface area contributed by atoms with Crippen LogP contribution in [0.25, 0.3) is 0 Å². The van der Waals surface area contributed by atoms with Crippen molar-refractivity contribution < 1.29 is 4.79 Å². The minimum Gasteiger partial charge on any atom is -0.384 e. The first kappa shape index (κ1) is 17.1. The van der Waals surface area contributed by atoms with Crippen molar-refractivity contribution in [3.8, 4) is 0 Å². The van der Waals surface area contributed by atoms with Crippen molar-refractivity contribution in [3.63, 3.8) is 0 Å². The molecule has 1 aromatic heterocycles. The Morgan fingerprint density at radius 3 is 2.74 bits per heavy atom. The Balaban J connectivity index is 1.77. The molecule has 1 atom stereocenters. The highest BCUT2D eigenvalue weighted by Gasteiger charge is 2.42. The van der Waals surface area contributed by atoms with E-state index in [-0.39, 0.29) is 5.41 Å². The molecule has 0 aliphatic carbocycles. The van der Waals surface area contributed by atoms with E-state index in [1.54, 1.807) is 18.5 Å². The van der Waals surface area contributed by atoms with Crippen molar-refractivity contribution in [2.75, 3.05) is 22.1 Å². The van der Waals surface area contributed by atoms with Crippen molar-refractivity contribution in [2.45, 2.75) is 24.9 Å². The number of nitrogens with one attached hydrogen (secondary N) is 2. The molecule has 3 heterocycles. The molecule has 2 aromatic rings. The zero-order valence-electron chi connectivity index (χ0n) is 15.4. The molecule has 6 nitrogen and oxygen atoms in total. The number of nitrogens with two attached hydrogens (primary N) is 1. The molecular weight excluding hydrogens is 338 g/mol. The number of fused-ring (bicyclic) bond motifs is 1. The van der Waals surface area contributed by atoms with Crippen LogP contribution >= 0.6 is 0 Å². The van der Waals surface area contributed by atoms with Gasteiger partial charge in [-0.25, -0.2) is 0 Å². The molecule has 0 saturated heterocycles. The van der Waals surface area contributed by atoms with E-state index in [4.69, 9.17) is 5.73 Å². The highest BCUT2D eigenvalue weighted by Crippen LogP contribution is 2.40. The first-order valence-electron chi connectivity index (χ1n) is 8.94. The van der Waals surface area contributed by atoms with Gasteiger partial charge in [-0.3, -0.25) is 9.78 Å². The van der Waals surface area contributed by atoms with Crippen LogP contribution in [0.5, 0.6) is 0 Å². The Morgan fingerprint density at radius 1 is 1.22 bits per heavy atom. The van der Waals surface area contributed by atoms with Gasteiger partial charge in [0, 0.05) is 47.6 Å². The molecule has 1 unspecified atom stereocenters. The number of pyridine rings is 1. The minimum atomic E-state index is -1.21. The number of hydrogen-bond acceptors (Lipinski definition) is 5. The summed E-state index contributed by atoms with van der Waals surface area (Å²) in [6.07, 6.45) is 10.7. The lowest BCUT2D eigenvalue weighted by molar-refractivity contribution is -0.120. The van der Waals surface area contributed by atoms with Gasteiger partial charge in [-0.05, 0) is 42.0 Å². The Bertz CT molecular complexity index is 935. The first-order valence-corrected chi connectivity index (χ1v) is 8.94. The quantitative estimate of drug-likeness (QED) is 0.780.